The number of nitrogens with one attached hydrogen (secondary N) is 1. The molecule has 0 saturated carbocycles. The maximum atomic E-state index is 13.1. The Morgan fingerprint density at radius 1 is 1.39 bits per heavy atom. The van der Waals surface area contributed by atoms with Gasteiger partial charge in [-0.1, -0.05) is 6.07 Å². The molecule has 0 saturated heterocycles. The van der Waals surface area contributed by atoms with Gasteiger partial charge in [-0.3, -0.25) is 10.1 Å². The van der Waals surface area contributed by atoms with E-state index in [4.69, 9.17) is 9.15 Å². The lowest BCUT2D eigenvalue weighted by Gasteiger charge is -2.13. The molecule has 1 unspecified atom stereocenters. The number of hydrogen-bond donors (Lipinski definition) is 1. The van der Waals surface area contributed by atoms with Gasteiger partial charge in [0, 0.05) is 11.4 Å². The average Bonchev–Trinajstić information content (AvgIpc) is 3.17. The summed E-state index contributed by atoms with van der Waals surface area (Å²) in [5.74, 6) is 0.140. The molecule has 118 valence electrons. The van der Waals surface area contributed by atoms with Gasteiger partial charge in [0.25, 0.3) is 5.91 Å². The highest BCUT2D eigenvalue weighted by Crippen LogP contribution is 2.25. The Hall–Kier alpha value is -2.67. The predicted molar refractivity (Wildman–Crippen MR) is 84.9 cm³/mol. The smallest absolute Gasteiger partial charge is 0.266 e. The fraction of sp³-hybridized carbons (Fsp3) is 0.125. The number of furan rings is 1. The predicted octanol–water partition coefficient (Wildman–Crippen LogP) is 3.95. The van der Waals surface area contributed by atoms with Crippen LogP contribution in [0.3, 0.4) is 0 Å². The first-order valence-corrected chi connectivity index (χ1v) is 7.72. The molecule has 3 aromatic rings. The Balaban J connectivity index is 1.62. The average molecular weight is 332 g/mol. The van der Waals surface area contributed by atoms with Gasteiger partial charge in [-0.2, -0.15) is 0 Å². The second-order valence-electron chi connectivity index (χ2n) is 4.72. The highest BCUT2D eigenvalue weighted by molar-refractivity contribution is 7.14. The van der Waals surface area contributed by atoms with E-state index in [1.165, 1.54) is 29.5 Å². The standard InChI is InChI=1S/C16H13FN2O3S/c1-10(22-12-5-2-4-11(17)8-12)15(20)19-16-18-13(9-23-16)14-6-3-7-21-14/h2-10H,1H3,(H,18,19,20). The lowest BCUT2D eigenvalue weighted by molar-refractivity contribution is -0.122. The minimum absolute atomic E-state index is 0.295. The summed E-state index contributed by atoms with van der Waals surface area (Å²) in [5.41, 5.74) is 0.647. The monoisotopic (exact) mass is 332 g/mol. The van der Waals surface area contributed by atoms with Crippen LogP contribution in [0, 0.1) is 5.82 Å². The lowest BCUT2D eigenvalue weighted by atomic mass is 10.3. The number of ether oxygens (including phenoxy) is 1. The van der Waals surface area contributed by atoms with Crippen molar-refractivity contribution in [2.24, 2.45) is 0 Å². The van der Waals surface area contributed by atoms with Gasteiger partial charge in [0.2, 0.25) is 0 Å². The summed E-state index contributed by atoms with van der Waals surface area (Å²) in [6.45, 7) is 1.58. The lowest BCUT2D eigenvalue weighted by Crippen LogP contribution is -2.30. The molecule has 1 atom stereocenters. The number of rotatable bonds is 5. The maximum absolute atomic E-state index is 13.1. The topological polar surface area (TPSA) is 64.4 Å². The second kappa shape index (κ2) is 6.62. The minimum Gasteiger partial charge on any atom is -0.481 e. The van der Waals surface area contributed by atoms with Crippen molar-refractivity contribution in [3.8, 4) is 17.2 Å². The molecule has 1 N–H and O–H groups in total. The van der Waals surface area contributed by atoms with Gasteiger partial charge < -0.3 is 9.15 Å². The van der Waals surface area contributed by atoms with E-state index in [1.54, 1.807) is 36.8 Å². The molecule has 23 heavy (non-hydrogen) atoms. The molecular formula is C16H13FN2O3S. The minimum atomic E-state index is -0.784. The van der Waals surface area contributed by atoms with E-state index in [9.17, 15) is 9.18 Å². The van der Waals surface area contributed by atoms with Gasteiger partial charge >= 0.3 is 0 Å². The number of halogens is 1. The fourth-order valence-electron chi connectivity index (χ4n) is 1.87. The fourth-order valence-corrected chi connectivity index (χ4v) is 2.58. The largest absolute Gasteiger partial charge is 0.481 e. The molecule has 0 fully saturated rings. The first kappa shape index (κ1) is 15.2. The van der Waals surface area contributed by atoms with Crippen LogP contribution in [0.5, 0.6) is 5.75 Å². The van der Waals surface area contributed by atoms with E-state index in [1.807, 2.05) is 0 Å². The molecular weight excluding hydrogens is 319 g/mol. The van der Waals surface area contributed by atoms with Gasteiger partial charge in [0.1, 0.15) is 17.3 Å². The van der Waals surface area contributed by atoms with Crippen LogP contribution in [0.2, 0.25) is 0 Å². The number of anilines is 1. The molecule has 7 heteroatoms. The Labute approximate surface area is 135 Å². The maximum Gasteiger partial charge on any atom is 0.266 e. The van der Waals surface area contributed by atoms with Crippen LogP contribution in [0.4, 0.5) is 9.52 Å². The zero-order valence-electron chi connectivity index (χ0n) is 12.2. The Morgan fingerprint density at radius 2 is 2.26 bits per heavy atom. The third-order valence-electron chi connectivity index (χ3n) is 2.99. The Morgan fingerprint density at radius 3 is 3.00 bits per heavy atom. The highest BCUT2D eigenvalue weighted by Gasteiger charge is 2.17. The molecule has 0 spiro atoms. The summed E-state index contributed by atoms with van der Waals surface area (Å²) in [5, 5.41) is 4.89. The van der Waals surface area contributed by atoms with E-state index in [-0.39, 0.29) is 5.91 Å². The molecule has 2 aromatic heterocycles. The van der Waals surface area contributed by atoms with Crippen LogP contribution in [-0.4, -0.2) is 17.0 Å². The molecule has 1 amide bonds. The van der Waals surface area contributed by atoms with Crippen molar-refractivity contribution in [2.45, 2.75) is 13.0 Å². The Bertz CT molecular complexity index is 801. The van der Waals surface area contributed by atoms with Crippen LogP contribution in [0.15, 0.2) is 52.5 Å². The molecule has 0 bridgehead atoms. The highest BCUT2D eigenvalue weighted by atomic mass is 32.1. The summed E-state index contributed by atoms with van der Waals surface area (Å²) in [6, 6.07) is 9.20. The van der Waals surface area contributed by atoms with Crippen molar-refractivity contribution in [2.75, 3.05) is 5.32 Å². The Kier molecular flexibility index (Phi) is 4.38. The van der Waals surface area contributed by atoms with Crippen molar-refractivity contribution in [3.05, 3.63) is 53.9 Å². The number of hydrogen-bond acceptors (Lipinski definition) is 5. The molecule has 0 radical (unpaired) electrons. The van der Waals surface area contributed by atoms with Gasteiger partial charge in [-0.15, -0.1) is 11.3 Å². The number of amides is 1. The van der Waals surface area contributed by atoms with E-state index in [0.29, 0.717) is 22.3 Å². The van der Waals surface area contributed by atoms with Gasteiger partial charge in [-0.05, 0) is 31.2 Å². The van der Waals surface area contributed by atoms with Gasteiger partial charge in [0.05, 0.1) is 6.26 Å². The summed E-state index contributed by atoms with van der Waals surface area (Å²) in [7, 11) is 0. The van der Waals surface area contributed by atoms with Crippen molar-refractivity contribution >= 4 is 22.4 Å². The van der Waals surface area contributed by atoms with Crippen LogP contribution in [0.1, 0.15) is 6.92 Å². The van der Waals surface area contributed by atoms with Crippen molar-refractivity contribution in [1.29, 1.82) is 0 Å². The second-order valence-corrected chi connectivity index (χ2v) is 5.58. The van der Waals surface area contributed by atoms with Crippen LogP contribution >= 0.6 is 11.3 Å². The summed E-state index contributed by atoms with van der Waals surface area (Å²) in [6.07, 6.45) is 0.773. The normalized spacial score (nSPS) is 11.9. The molecule has 2 heterocycles. The SMILES string of the molecule is CC(Oc1cccc(F)c1)C(=O)Nc1nc(-c2ccco2)cs1. The number of thiazole rings is 1. The quantitative estimate of drug-likeness (QED) is 0.768. The number of nitrogens with zero attached hydrogens (tertiary/aromatic N) is 1. The third-order valence-corrected chi connectivity index (χ3v) is 3.74. The molecule has 5 nitrogen and oxygen atoms in total. The zero-order valence-corrected chi connectivity index (χ0v) is 13.0. The first-order valence-electron chi connectivity index (χ1n) is 6.84. The zero-order chi connectivity index (χ0) is 16.2. The van der Waals surface area contributed by atoms with Gasteiger partial charge in [-0.25, -0.2) is 9.37 Å². The number of benzene rings is 1. The van der Waals surface area contributed by atoms with E-state index in [0.717, 1.165) is 0 Å². The van der Waals surface area contributed by atoms with E-state index in [2.05, 4.69) is 10.3 Å². The number of aromatic nitrogens is 1. The van der Waals surface area contributed by atoms with Crippen LogP contribution in [0.25, 0.3) is 11.5 Å². The first-order chi connectivity index (χ1) is 11.1. The third kappa shape index (κ3) is 3.75. The molecule has 0 aliphatic rings. The molecule has 0 aliphatic heterocycles. The van der Waals surface area contributed by atoms with Crippen molar-refractivity contribution in [1.82, 2.24) is 4.98 Å². The van der Waals surface area contributed by atoms with E-state index < -0.39 is 11.9 Å². The van der Waals surface area contributed by atoms with E-state index >= 15 is 0 Å². The molecule has 3 rings (SSSR count). The summed E-state index contributed by atoms with van der Waals surface area (Å²) < 4.78 is 23.8. The van der Waals surface area contributed by atoms with Gasteiger partial charge in [0.15, 0.2) is 17.0 Å². The summed E-state index contributed by atoms with van der Waals surface area (Å²) >= 11 is 1.28. The number of carbonyl (C=O) groups excluding carboxylic acids is 1. The summed E-state index contributed by atoms with van der Waals surface area (Å²) in [4.78, 5) is 16.4. The van der Waals surface area contributed by atoms with Crippen LogP contribution < -0.4 is 10.1 Å². The molecule has 1 aromatic carbocycles. The van der Waals surface area contributed by atoms with Crippen molar-refractivity contribution in [3.63, 3.8) is 0 Å². The van der Waals surface area contributed by atoms with Crippen molar-refractivity contribution < 1.29 is 18.3 Å². The number of carbonyl (C=O) groups is 1. The molecule has 0 aliphatic carbocycles. The van der Waals surface area contributed by atoms with Crippen LogP contribution in [-0.2, 0) is 4.79 Å².